The number of rotatable bonds is 5. The van der Waals surface area contributed by atoms with Gasteiger partial charge in [0.15, 0.2) is 5.70 Å². The molecule has 0 unspecified atom stereocenters. The molecule has 0 amide bonds. The second-order valence-corrected chi connectivity index (χ2v) is 8.30. The fourth-order valence-electron chi connectivity index (χ4n) is 4.29. The number of methoxy groups -OCH3 is 1. The third-order valence-electron chi connectivity index (χ3n) is 6.02. The maximum absolute atomic E-state index is 12.9. The molecule has 176 valence electrons. The standard InChI is InChI=1S/C29H21N3O4/c1-34-24-12-11-20(15-21(24)17-32-14-13-30-18-32)26-16-23(22-9-5-6-10-25(22)35-26)27-29(33)36-28(31-27)19-7-3-2-4-8-19/h2-16,18H,17H2,1H3. The quantitative estimate of drug-likeness (QED) is 0.297. The molecule has 1 aromatic heterocycles. The number of hydrogen-bond acceptors (Lipinski definition) is 6. The molecule has 0 saturated carbocycles. The van der Waals surface area contributed by atoms with Gasteiger partial charge in [-0.25, -0.2) is 14.8 Å². The van der Waals surface area contributed by atoms with Gasteiger partial charge in [0.05, 0.1) is 20.0 Å². The van der Waals surface area contributed by atoms with E-state index in [1.165, 1.54) is 0 Å². The van der Waals surface area contributed by atoms with Crippen LogP contribution in [0.5, 0.6) is 11.5 Å². The average molecular weight is 476 g/mol. The number of allylic oxidation sites excluding steroid dienone is 2. The molecule has 36 heavy (non-hydrogen) atoms. The van der Waals surface area contributed by atoms with Crippen LogP contribution in [0.1, 0.15) is 22.3 Å². The first kappa shape index (κ1) is 21.6. The molecule has 7 nitrogen and oxygen atoms in total. The van der Waals surface area contributed by atoms with Crippen LogP contribution in [-0.2, 0) is 16.1 Å². The molecule has 0 saturated heterocycles. The molecular weight excluding hydrogens is 454 g/mol. The van der Waals surface area contributed by atoms with Gasteiger partial charge in [0, 0.05) is 40.2 Å². The number of carbonyl (C=O) groups is 1. The van der Waals surface area contributed by atoms with Gasteiger partial charge in [-0.1, -0.05) is 36.4 Å². The zero-order valence-electron chi connectivity index (χ0n) is 19.4. The number of aliphatic imine (C=N–C) groups is 1. The predicted octanol–water partition coefficient (Wildman–Crippen LogP) is 5.09. The Morgan fingerprint density at radius 1 is 0.944 bits per heavy atom. The molecule has 0 radical (unpaired) electrons. The van der Waals surface area contributed by atoms with Crippen molar-refractivity contribution >= 4 is 23.2 Å². The highest BCUT2D eigenvalue weighted by atomic mass is 16.6. The smallest absolute Gasteiger partial charge is 0.364 e. The van der Waals surface area contributed by atoms with E-state index < -0.39 is 5.97 Å². The van der Waals surface area contributed by atoms with Gasteiger partial charge in [-0.05, 0) is 42.5 Å². The molecule has 6 rings (SSSR count). The Morgan fingerprint density at radius 3 is 2.58 bits per heavy atom. The minimum atomic E-state index is -0.494. The van der Waals surface area contributed by atoms with Crippen molar-refractivity contribution in [3.63, 3.8) is 0 Å². The summed E-state index contributed by atoms with van der Waals surface area (Å²) in [6.07, 6.45) is 7.24. The highest BCUT2D eigenvalue weighted by Crippen LogP contribution is 2.40. The summed E-state index contributed by atoms with van der Waals surface area (Å²) in [5.74, 6) is 1.79. The monoisotopic (exact) mass is 475 g/mol. The Hall–Kier alpha value is -4.91. The lowest BCUT2D eigenvalue weighted by molar-refractivity contribution is -0.129. The third kappa shape index (κ3) is 3.96. The number of benzene rings is 3. The Labute approximate surface area is 207 Å². The average Bonchev–Trinajstić information content (AvgIpc) is 3.58. The first-order valence-electron chi connectivity index (χ1n) is 11.4. The summed E-state index contributed by atoms with van der Waals surface area (Å²) in [5, 5.41) is 0. The van der Waals surface area contributed by atoms with Crippen molar-refractivity contribution in [2.45, 2.75) is 6.54 Å². The lowest BCUT2D eigenvalue weighted by Gasteiger charge is -2.21. The van der Waals surface area contributed by atoms with Crippen molar-refractivity contribution < 1.29 is 19.0 Å². The lowest BCUT2D eigenvalue weighted by Crippen LogP contribution is -2.09. The lowest BCUT2D eigenvalue weighted by atomic mass is 9.97. The van der Waals surface area contributed by atoms with Crippen LogP contribution < -0.4 is 9.47 Å². The van der Waals surface area contributed by atoms with Crippen LogP contribution in [0, 0.1) is 0 Å². The topological polar surface area (TPSA) is 74.9 Å². The fraction of sp³-hybridized carbons (Fsp3) is 0.0690. The van der Waals surface area contributed by atoms with Crippen molar-refractivity contribution in [3.8, 4) is 11.5 Å². The Bertz CT molecular complexity index is 1550. The number of ether oxygens (including phenoxy) is 3. The number of nitrogens with zero attached hydrogens (tertiary/aromatic N) is 3. The zero-order chi connectivity index (χ0) is 24.5. The second-order valence-electron chi connectivity index (χ2n) is 8.30. The molecule has 4 aromatic rings. The number of hydrogen-bond donors (Lipinski definition) is 0. The number of esters is 1. The highest BCUT2D eigenvalue weighted by Gasteiger charge is 2.30. The van der Waals surface area contributed by atoms with Gasteiger partial charge in [-0.15, -0.1) is 0 Å². The van der Waals surface area contributed by atoms with Gasteiger partial charge in [0.1, 0.15) is 17.3 Å². The number of para-hydroxylation sites is 1. The maximum Gasteiger partial charge on any atom is 0.364 e. The van der Waals surface area contributed by atoms with Crippen LogP contribution in [0.4, 0.5) is 0 Å². The van der Waals surface area contributed by atoms with Crippen molar-refractivity contribution in [1.29, 1.82) is 0 Å². The summed E-state index contributed by atoms with van der Waals surface area (Å²) in [6.45, 7) is 0.589. The summed E-state index contributed by atoms with van der Waals surface area (Å²) in [6, 6.07) is 22.8. The van der Waals surface area contributed by atoms with E-state index in [-0.39, 0.29) is 11.6 Å². The molecule has 0 spiro atoms. The summed E-state index contributed by atoms with van der Waals surface area (Å²) in [7, 11) is 1.65. The van der Waals surface area contributed by atoms with E-state index >= 15 is 0 Å². The third-order valence-corrected chi connectivity index (χ3v) is 6.02. The molecule has 0 aliphatic carbocycles. The Balaban J connectivity index is 1.46. The fourth-order valence-corrected chi connectivity index (χ4v) is 4.29. The predicted molar refractivity (Wildman–Crippen MR) is 135 cm³/mol. The van der Waals surface area contributed by atoms with Crippen LogP contribution in [0.15, 0.2) is 108 Å². The van der Waals surface area contributed by atoms with Gasteiger partial charge in [0.2, 0.25) is 5.90 Å². The van der Waals surface area contributed by atoms with E-state index in [4.69, 9.17) is 14.2 Å². The molecule has 0 N–H and O–H groups in total. The van der Waals surface area contributed by atoms with Crippen molar-refractivity contribution in [1.82, 2.24) is 9.55 Å². The normalized spacial score (nSPS) is 16.5. The molecule has 7 heteroatoms. The summed E-state index contributed by atoms with van der Waals surface area (Å²) in [4.78, 5) is 21.6. The molecule has 0 bridgehead atoms. The van der Waals surface area contributed by atoms with E-state index in [1.807, 2.05) is 89.6 Å². The van der Waals surface area contributed by atoms with Gasteiger partial charge in [-0.3, -0.25) is 0 Å². The van der Waals surface area contributed by atoms with E-state index in [0.717, 1.165) is 28.0 Å². The number of imidazole rings is 1. The molecule has 0 atom stereocenters. The number of aromatic nitrogens is 2. The van der Waals surface area contributed by atoms with Crippen LogP contribution in [0.25, 0.3) is 11.3 Å². The van der Waals surface area contributed by atoms with Crippen molar-refractivity contribution in [2.75, 3.05) is 7.11 Å². The van der Waals surface area contributed by atoms with Crippen LogP contribution >= 0.6 is 0 Å². The highest BCUT2D eigenvalue weighted by molar-refractivity contribution is 6.15. The van der Waals surface area contributed by atoms with Gasteiger partial charge in [0.25, 0.3) is 0 Å². The molecular formula is C29H21N3O4. The van der Waals surface area contributed by atoms with E-state index in [1.54, 1.807) is 19.6 Å². The summed E-state index contributed by atoms with van der Waals surface area (Å²) in [5.41, 5.74) is 4.22. The largest absolute Gasteiger partial charge is 0.496 e. The molecule has 2 aliphatic rings. The maximum atomic E-state index is 12.9. The minimum absolute atomic E-state index is 0.245. The number of fused-ring (bicyclic) bond motifs is 1. The van der Waals surface area contributed by atoms with E-state index in [0.29, 0.717) is 23.6 Å². The van der Waals surface area contributed by atoms with Crippen LogP contribution in [-0.4, -0.2) is 28.5 Å². The van der Waals surface area contributed by atoms with Gasteiger partial charge < -0.3 is 18.8 Å². The van der Waals surface area contributed by atoms with E-state index in [9.17, 15) is 4.79 Å². The zero-order valence-corrected chi connectivity index (χ0v) is 19.4. The minimum Gasteiger partial charge on any atom is -0.496 e. The van der Waals surface area contributed by atoms with Crippen LogP contribution in [0.2, 0.25) is 0 Å². The molecule has 3 aromatic carbocycles. The number of carbonyl (C=O) groups excluding carboxylic acids is 1. The Morgan fingerprint density at radius 2 is 1.78 bits per heavy atom. The van der Waals surface area contributed by atoms with E-state index in [2.05, 4.69) is 9.98 Å². The first-order chi connectivity index (χ1) is 17.7. The summed E-state index contributed by atoms with van der Waals surface area (Å²) >= 11 is 0. The van der Waals surface area contributed by atoms with Gasteiger partial charge in [-0.2, -0.15) is 0 Å². The molecule has 0 fully saturated rings. The number of cyclic esters (lactones) is 1. The van der Waals surface area contributed by atoms with Crippen molar-refractivity contribution in [3.05, 3.63) is 126 Å². The van der Waals surface area contributed by atoms with Crippen molar-refractivity contribution in [2.24, 2.45) is 4.99 Å². The van der Waals surface area contributed by atoms with Gasteiger partial charge >= 0.3 is 5.97 Å². The second kappa shape index (κ2) is 9.03. The first-order valence-corrected chi connectivity index (χ1v) is 11.4. The molecule has 3 heterocycles. The SMILES string of the molecule is COc1ccc(C2=CC(=C3N=C(c4ccccc4)OC3=O)c3ccccc3O2)cc1Cn1ccnc1. The summed E-state index contributed by atoms with van der Waals surface area (Å²) < 4.78 is 19.4. The van der Waals surface area contributed by atoms with Crippen LogP contribution in [0.3, 0.4) is 0 Å². The Kier molecular flexibility index (Phi) is 5.42. The molecule has 2 aliphatic heterocycles.